The van der Waals surface area contributed by atoms with Crippen LogP contribution in [-0.4, -0.2) is 17.6 Å². The Kier molecular flexibility index (Phi) is 10.1. The summed E-state index contributed by atoms with van der Waals surface area (Å²) in [4.78, 5) is 10.8. The highest BCUT2D eigenvalue weighted by Crippen LogP contribution is 2.15. The van der Waals surface area contributed by atoms with Gasteiger partial charge in [0.1, 0.15) is 5.82 Å². The molecule has 0 bridgehead atoms. The van der Waals surface area contributed by atoms with Gasteiger partial charge in [0.25, 0.3) is 0 Å². The number of aromatic carboxylic acids is 1. The molecule has 3 nitrogen and oxygen atoms in total. The molecule has 0 heterocycles. The van der Waals surface area contributed by atoms with Crippen molar-refractivity contribution in [2.24, 2.45) is 0 Å². The van der Waals surface area contributed by atoms with Gasteiger partial charge in [0.15, 0.2) is 0 Å². The van der Waals surface area contributed by atoms with Crippen molar-refractivity contribution in [2.45, 2.75) is 64.2 Å². The molecular formula is C24H32FNO2. The highest BCUT2D eigenvalue weighted by atomic mass is 19.1. The summed E-state index contributed by atoms with van der Waals surface area (Å²) in [5.74, 6) is -1.93. The number of carbonyl (C=O) groups is 1. The minimum absolute atomic E-state index is 0.286. The SMILES string of the molecule is O=C(O)c1ccc(NCCCCCCCCCCCc2ccccc2)cc1F. The zero-order chi connectivity index (χ0) is 20.0. The number of anilines is 1. The Morgan fingerprint density at radius 1 is 0.821 bits per heavy atom. The van der Waals surface area contributed by atoms with Crippen LogP contribution in [0.5, 0.6) is 0 Å². The first-order valence-electron chi connectivity index (χ1n) is 10.5. The van der Waals surface area contributed by atoms with Crippen molar-refractivity contribution in [3.05, 3.63) is 65.5 Å². The molecule has 0 radical (unpaired) electrons. The lowest BCUT2D eigenvalue weighted by Gasteiger charge is -2.07. The van der Waals surface area contributed by atoms with Crippen LogP contribution >= 0.6 is 0 Å². The summed E-state index contributed by atoms with van der Waals surface area (Å²) < 4.78 is 13.6. The quantitative estimate of drug-likeness (QED) is 0.356. The molecule has 0 aromatic heterocycles. The third-order valence-electron chi connectivity index (χ3n) is 5.01. The molecule has 28 heavy (non-hydrogen) atoms. The van der Waals surface area contributed by atoms with E-state index in [9.17, 15) is 9.18 Å². The molecule has 152 valence electrons. The van der Waals surface area contributed by atoms with Crippen molar-refractivity contribution in [2.75, 3.05) is 11.9 Å². The topological polar surface area (TPSA) is 49.3 Å². The van der Waals surface area contributed by atoms with Crippen LogP contribution in [-0.2, 0) is 6.42 Å². The fraction of sp³-hybridized carbons (Fsp3) is 0.458. The Morgan fingerprint density at radius 3 is 2.04 bits per heavy atom. The third kappa shape index (κ3) is 8.55. The number of nitrogens with one attached hydrogen (secondary N) is 1. The average Bonchev–Trinajstić information content (AvgIpc) is 2.69. The lowest BCUT2D eigenvalue weighted by Crippen LogP contribution is -2.04. The van der Waals surface area contributed by atoms with Crippen LogP contribution in [0.4, 0.5) is 10.1 Å². The largest absolute Gasteiger partial charge is 0.478 e. The first kappa shape index (κ1) is 21.9. The van der Waals surface area contributed by atoms with Gasteiger partial charge >= 0.3 is 5.97 Å². The fourth-order valence-electron chi connectivity index (χ4n) is 3.37. The Hall–Kier alpha value is -2.36. The monoisotopic (exact) mass is 385 g/mol. The second-order valence-corrected chi connectivity index (χ2v) is 7.34. The van der Waals surface area contributed by atoms with Gasteiger partial charge in [-0.1, -0.05) is 75.3 Å². The summed E-state index contributed by atoms with van der Waals surface area (Å²) in [5.41, 5.74) is 1.79. The van der Waals surface area contributed by atoms with Crippen molar-refractivity contribution >= 4 is 11.7 Å². The van der Waals surface area contributed by atoms with Gasteiger partial charge < -0.3 is 10.4 Å². The molecule has 0 saturated carbocycles. The summed E-state index contributed by atoms with van der Waals surface area (Å²) in [6, 6.07) is 14.9. The molecular weight excluding hydrogens is 353 g/mol. The standard InChI is InChI=1S/C24H32FNO2/c25-23-19-21(16-17-22(23)24(27)28)26-18-12-7-5-3-1-2-4-6-9-13-20-14-10-8-11-15-20/h8,10-11,14-17,19,26H,1-7,9,12-13,18H2,(H,27,28). The molecule has 0 atom stereocenters. The van der Waals surface area contributed by atoms with E-state index in [-0.39, 0.29) is 5.56 Å². The molecule has 0 amide bonds. The van der Waals surface area contributed by atoms with Crippen LogP contribution in [0.15, 0.2) is 48.5 Å². The summed E-state index contributed by atoms with van der Waals surface area (Å²) in [7, 11) is 0. The highest BCUT2D eigenvalue weighted by Gasteiger charge is 2.09. The molecule has 0 spiro atoms. The van der Waals surface area contributed by atoms with Crippen molar-refractivity contribution in [3.8, 4) is 0 Å². The van der Waals surface area contributed by atoms with Crippen LogP contribution in [0, 0.1) is 5.82 Å². The highest BCUT2D eigenvalue weighted by molar-refractivity contribution is 5.88. The van der Waals surface area contributed by atoms with E-state index in [1.54, 1.807) is 6.07 Å². The predicted molar refractivity (Wildman–Crippen MR) is 114 cm³/mol. The van der Waals surface area contributed by atoms with Gasteiger partial charge in [-0.15, -0.1) is 0 Å². The van der Waals surface area contributed by atoms with E-state index < -0.39 is 11.8 Å². The van der Waals surface area contributed by atoms with E-state index in [1.807, 2.05) is 0 Å². The Labute approximate surface area is 168 Å². The number of aryl methyl sites for hydroxylation is 1. The Bertz CT molecular complexity index is 703. The number of carboxylic acids is 1. The van der Waals surface area contributed by atoms with Crippen molar-refractivity contribution in [3.63, 3.8) is 0 Å². The molecule has 0 unspecified atom stereocenters. The van der Waals surface area contributed by atoms with Gasteiger partial charge in [-0.05, 0) is 43.0 Å². The predicted octanol–water partition coefficient (Wildman–Crippen LogP) is 6.69. The van der Waals surface area contributed by atoms with Crippen LogP contribution < -0.4 is 5.32 Å². The summed E-state index contributed by atoms with van der Waals surface area (Å²) in [6.07, 6.45) is 12.5. The number of halogens is 1. The summed E-state index contributed by atoms with van der Waals surface area (Å²) in [6.45, 7) is 0.783. The van der Waals surface area contributed by atoms with Gasteiger partial charge in [-0.2, -0.15) is 0 Å². The molecule has 0 aliphatic carbocycles. The van der Waals surface area contributed by atoms with E-state index in [1.165, 1.54) is 69.1 Å². The molecule has 0 fully saturated rings. The number of unbranched alkanes of at least 4 members (excludes halogenated alkanes) is 8. The van der Waals surface area contributed by atoms with E-state index in [2.05, 4.69) is 35.6 Å². The minimum atomic E-state index is -1.24. The maximum atomic E-state index is 13.6. The number of benzene rings is 2. The lowest BCUT2D eigenvalue weighted by atomic mass is 10.0. The van der Waals surface area contributed by atoms with E-state index >= 15 is 0 Å². The summed E-state index contributed by atoms with van der Waals surface area (Å²) >= 11 is 0. The zero-order valence-corrected chi connectivity index (χ0v) is 16.6. The van der Waals surface area contributed by atoms with Gasteiger partial charge in [0, 0.05) is 12.2 Å². The first-order chi connectivity index (χ1) is 13.7. The molecule has 2 aromatic rings. The molecule has 4 heteroatoms. The lowest BCUT2D eigenvalue weighted by molar-refractivity contribution is 0.0692. The van der Waals surface area contributed by atoms with Crippen LogP contribution in [0.1, 0.15) is 73.7 Å². The average molecular weight is 386 g/mol. The van der Waals surface area contributed by atoms with Crippen molar-refractivity contribution in [1.82, 2.24) is 0 Å². The number of carboxylic acid groups (broad SMARTS) is 1. The Balaban J connectivity index is 1.41. The number of rotatable bonds is 14. The second-order valence-electron chi connectivity index (χ2n) is 7.34. The third-order valence-corrected chi connectivity index (χ3v) is 5.01. The van der Waals surface area contributed by atoms with Gasteiger partial charge in [0.05, 0.1) is 5.56 Å². The summed E-state index contributed by atoms with van der Waals surface area (Å²) in [5, 5.41) is 12.0. The molecule has 2 N–H and O–H groups in total. The molecule has 2 rings (SSSR count). The fourth-order valence-corrected chi connectivity index (χ4v) is 3.37. The second kappa shape index (κ2) is 12.9. The van der Waals surface area contributed by atoms with E-state index in [0.717, 1.165) is 19.4 Å². The van der Waals surface area contributed by atoms with E-state index in [0.29, 0.717) is 5.69 Å². The van der Waals surface area contributed by atoms with Gasteiger partial charge in [-0.25, -0.2) is 9.18 Å². The normalized spacial score (nSPS) is 10.8. The Morgan fingerprint density at radius 2 is 1.43 bits per heavy atom. The van der Waals surface area contributed by atoms with Crippen LogP contribution in [0.25, 0.3) is 0 Å². The van der Waals surface area contributed by atoms with E-state index in [4.69, 9.17) is 5.11 Å². The molecule has 0 saturated heterocycles. The van der Waals surface area contributed by atoms with Gasteiger partial charge in [0.2, 0.25) is 0 Å². The minimum Gasteiger partial charge on any atom is -0.478 e. The molecule has 2 aromatic carbocycles. The maximum Gasteiger partial charge on any atom is 0.338 e. The molecule has 0 aliphatic rings. The maximum absolute atomic E-state index is 13.6. The zero-order valence-electron chi connectivity index (χ0n) is 16.6. The first-order valence-corrected chi connectivity index (χ1v) is 10.5. The smallest absolute Gasteiger partial charge is 0.338 e. The molecule has 0 aliphatic heterocycles. The van der Waals surface area contributed by atoms with Crippen LogP contribution in [0.2, 0.25) is 0 Å². The number of hydrogen-bond acceptors (Lipinski definition) is 2. The van der Waals surface area contributed by atoms with Gasteiger partial charge in [-0.3, -0.25) is 0 Å². The van der Waals surface area contributed by atoms with Crippen molar-refractivity contribution in [1.29, 1.82) is 0 Å². The van der Waals surface area contributed by atoms with Crippen molar-refractivity contribution < 1.29 is 14.3 Å². The number of hydrogen-bond donors (Lipinski definition) is 2. The van der Waals surface area contributed by atoms with Crippen LogP contribution in [0.3, 0.4) is 0 Å².